The van der Waals surface area contributed by atoms with E-state index < -0.39 is 0 Å². The molecule has 2 N–H and O–H groups in total. The summed E-state index contributed by atoms with van der Waals surface area (Å²) in [5.41, 5.74) is 0. The number of nitrogens with one attached hydrogen (secondary N) is 2. The first-order chi connectivity index (χ1) is 7.74. The van der Waals surface area contributed by atoms with Crippen LogP contribution in [0.4, 0.5) is 4.79 Å². The number of likely N-dealkylation sites (tertiary alicyclic amines) is 1. The molecule has 4 heteroatoms. The van der Waals surface area contributed by atoms with Crippen LogP contribution in [0.5, 0.6) is 0 Å². The molecule has 0 bridgehead atoms. The van der Waals surface area contributed by atoms with Gasteiger partial charge in [0.05, 0.1) is 0 Å². The van der Waals surface area contributed by atoms with Gasteiger partial charge in [0.15, 0.2) is 0 Å². The van der Waals surface area contributed by atoms with Crippen LogP contribution in [0.25, 0.3) is 0 Å². The van der Waals surface area contributed by atoms with Crippen molar-refractivity contribution in [2.45, 2.75) is 45.6 Å². The first-order valence-electron chi connectivity index (χ1n) is 6.49. The Labute approximate surface area is 98.8 Å². The standard InChI is InChI=1S/C12H25N3O/c1-3-4-7-13-12(16)14-10-11(2)15-8-5-6-9-15/h11H,3-10H2,1-2H3,(H2,13,14,16). The lowest BCUT2D eigenvalue weighted by molar-refractivity contribution is 0.226. The molecule has 0 aromatic carbocycles. The lowest BCUT2D eigenvalue weighted by atomic mass is 10.3. The number of nitrogens with zero attached hydrogens (tertiary/aromatic N) is 1. The Bertz CT molecular complexity index is 202. The van der Waals surface area contributed by atoms with Crippen LogP contribution in [0.1, 0.15) is 39.5 Å². The van der Waals surface area contributed by atoms with Gasteiger partial charge in [-0.05, 0) is 39.3 Å². The molecule has 0 radical (unpaired) electrons. The first kappa shape index (κ1) is 13.3. The van der Waals surface area contributed by atoms with Gasteiger partial charge < -0.3 is 10.6 Å². The van der Waals surface area contributed by atoms with Crippen LogP contribution in [-0.4, -0.2) is 43.2 Å². The summed E-state index contributed by atoms with van der Waals surface area (Å²) in [6.45, 7) is 8.19. The molecule has 1 rings (SSSR count). The lowest BCUT2D eigenvalue weighted by Gasteiger charge is -2.23. The summed E-state index contributed by atoms with van der Waals surface area (Å²) >= 11 is 0. The largest absolute Gasteiger partial charge is 0.338 e. The summed E-state index contributed by atoms with van der Waals surface area (Å²) in [5, 5.41) is 5.79. The molecule has 2 amide bonds. The molecule has 0 aromatic heterocycles. The van der Waals surface area contributed by atoms with Crippen LogP contribution in [0.15, 0.2) is 0 Å². The Balaban J connectivity index is 2.06. The summed E-state index contributed by atoms with van der Waals surface area (Å²) in [5.74, 6) is 0. The molecule has 1 saturated heterocycles. The van der Waals surface area contributed by atoms with Gasteiger partial charge >= 0.3 is 6.03 Å². The molecule has 1 heterocycles. The minimum absolute atomic E-state index is 0.0282. The van der Waals surface area contributed by atoms with E-state index in [2.05, 4.69) is 29.4 Å². The molecular formula is C12H25N3O. The van der Waals surface area contributed by atoms with Crippen molar-refractivity contribution >= 4 is 6.03 Å². The zero-order valence-corrected chi connectivity index (χ0v) is 10.6. The highest BCUT2D eigenvalue weighted by atomic mass is 16.2. The smallest absolute Gasteiger partial charge is 0.314 e. The second kappa shape index (κ2) is 7.49. The van der Waals surface area contributed by atoms with E-state index in [1.54, 1.807) is 0 Å². The van der Waals surface area contributed by atoms with Gasteiger partial charge in [-0.25, -0.2) is 4.79 Å². The third-order valence-electron chi connectivity index (χ3n) is 3.14. The molecule has 16 heavy (non-hydrogen) atoms. The molecule has 1 fully saturated rings. The number of unbranched alkanes of at least 4 members (excludes halogenated alkanes) is 1. The van der Waals surface area contributed by atoms with Gasteiger partial charge in [-0.15, -0.1) is 0 Å². The Morgan fingerprint density at radius 2 is 2.00 bits per heavy atom. The topological polar surface area (TPSA) is 44.4 Å². The number of carbonyl (C=O) groups excluding carboxylic acids is 1. The molecule has 94 valence electrons. The van der Waals surface area contributed by atoms with Crippen molar-refractivity contribution in [1.82, 2.24) is 15.5 Å². The highest BCUT2D eigenvalue weighted by molar-refractivity contribution is 5.73. The zero-order chi connectivity index (χ0) is 11.8. The van der Waals surface area contributed by atoms with Gasteiger partial charge in [-0.2, -0.15) is 0 Å². The van der Waals surface area contributed by atoms with Gasteiger partial charge in [0, 0.05) is 19.1 Å². The Kier molecular flexibility index (Phi) is 6.23. The molecular weight excluding hydrogens is 202 g/mol. The van der Waals surface area contributed by atoms with Crippen molar-refractivity contribution < 1.29 is 4.79 Å². The predicted octanol–water partition coefficient (Wildman–Crippen LogP) is 1.57. The van der Waals surface area contributed by atoms with Gasteiger partial charge in [0.25, 0.3) is 0 Å². The van der Waals surface area contributed by atoms with Gasteiger partial charge in [0.1, 0.15) is 0 Å². The average molecular weight is 227 g/mol. The van der Waals surface area contributed by atoms with Crippen LogP contribution in [0.3, 0.4) is 0 Å². The minimum atomic E-state index is -0.0282. The average Bonchev–Trinajstić information content (AvgIpc) is 2.79. The van der Waals surface area contributed by atoms with Crippen molar-refractivity contribution in [3.05, 3.63) is 0 Å². The second-order valence-electron chi connectivity index (χ2n) is 4.58. The Morgan fingerprint density at radius 1 is 1.31 bits per heavy atom. The highest BCUT2D eigenvalue weighted by Crippen LogP contribution is 2.10. The van der Waals surface area contributed by atoms with Crippen LogP contribution < -0.4 is 10.6 Å². The van der Waals surface area contributed by atoms with Crippen molar-refractivity contribution in [3.8, 4) is 0 Å². The summed E-state index contributed by atoms with van der Waals surface area (Å²) in [4.78, 5) is 13.8. The maximum absolute atomic E-state index is 11.4. The van der Waals surface area contributed by atoms with E-state index in [9.17, 15) is 4.79 Å². The summed E-state index contributed by atoms with van der Waals surface area (Å²) in [7, 11) is 0. The second-order valence-corrected chi connectivity index (χ2v) is 4.58. The van der Waals surface area contributed by atoms with E-state index in [1.165, 1.54) is 25.9 Å². The fourth-order valence-corrected chi connectivity index (χ4v) is 1.99. The van der Waals surface area contributed by atoms with Crippen molar-refractivity contribution in [3.63, 3.8) is 0 Å². The normalized spacial score (nSPS) is 18.4. The summed E-state index contributed by atoms with van der Waals surface area (Å²) in [6.07, 6.45) is 4.76. The van der Waals surface area contributed by atoms with Crippen molar-refractivity contribution in [1.29, 1.82) is 0 Å². The monoisotopic (exact) mass is 227 g/mol. The molecule has 1 atom stereocenters. The van der Waals surface area contributed by atoms with Gasteiger partial charge in [-0.3, -0.25) is 4.90 Å². The highest BCUT2D eigenvalue weighted by Gasteiger charge is 2.17. The SMILES string of the molecule is CCCCNC(=O)NCC(C)N1CCCC1. The minimum Gasteiger partial charge on any atom is -0.338 e. The van der Waals surface area contributed by atoms with Gasteiger partial charge in [-0.1, -0.05) is 13.3 Å². The number of hydrogen-bond acceptors (Lipinski definition) is 2. The van der Waals surface area contributed by atoms with E-state index in [0.29, 0.717) is 6.04 Å². The molecule has 1 unspecified atom stereocenters. The maximum Gasteiger partial charge on any atom is 0.314 e. The third kappa shape index (κ3) is 4.84. The van der Waals surface area contributed by atoms with Gasteiger partial charge in [0.2, 0.25) is 0 Å². The van der Waals surface area contributed by atoms with Crippen LogP contribution in [0.2, 0.25) is 0 Å². The Hall–Kier alpha value is -0.770. The molecule has 1 aliphatic heterocycles. The fourth-order valence-electron chi connectivity index (χ4n) is 1.99. The molecule has 0 spiro atoms. The van der Waals surface area contributed by atoms with Crippen LogP contribution in [0, 0.1) is 0 Å². The van der Waals surface area contributed by atoms with E-state index in [-0.39, 0.29) is 6.03 Å². The number of hydrogen-bond donors (Lipinski definition) is 2. The first-order valence-corrected chi connectivity index (χ1v) is 6.49. The van der Waals surface area contributed by atoms with Crippen LogP contribution >= 0.6 is 0 Å². The quantitative estimate of drug-likeness (QED) is 0.677. The number of carbonyl (C=O) groups is 1. The molecule has 0 aromatic rings. The third-order valence-corrected chi connectivity index (χ3v) is 3.14. The van der Waals surface area contributed by atoms with E-state index >= 15 is 0 Å². The summed E-state index contributed by atoms with van der Waals surface area (Å²) < 4.78 is 0. The predicted molar refractivity (Wildman–Crippen MR) is 66.6 cm³/mol. The number of amides is 2. The van der Waals surface area contributed by atoms with E-state index in [1.807, 2.05) is 0 Å². The van der Waals surface area contributed by atoms with E-state index in [0.717, 1.165) is 25.9 Å². The molecule has 0 saturated carbocycles. The summed E-state index contributed by atoms with van der Waals surface area (Å²) in [6, 6.07) is 0.430. The van der Waals surface area contributed by atoms with Crippen LogP contribution in [-0.2, 0) is 0 Å². The Morgan fingerprint density at radius 3 is 2.62 bits per heavy atom. The van der Waals surface area contributed by atoms with Crippen molar-refractivity contribution in [2.24, 2.45) is 0 Å². The van der Waals surface area contributed by atoms with Crippen molar-refractivity contribution in [2.75, 3.05) is 26.2 Å². The number of rotatable bonds is 6. The van der Waals surface area contributed by atoms with E-state index in [4.69, 9.17) is 0 Å². The fraction of sp³-hybridized carbons (Fsp3) is 0.917. The zero-order valence-electron chi connectivity index (χ0n) is 10.6. The maximum atomic E-state index is 11.4. The molecule has 0 aliphatic carbocycles. The number of urea groups is 1. The molecule has 1 aliphatic rings. The molecule has 4 nitrogen and oxygen atoms in total. The lowest BCUT2D eigenvalue weighted by Crippen LogP contribution is -2.44.